The van der Waals surface area contributed by atoms with Crippen LogP contribution in [0.4, 0.5) is 0 Å². The van der Waals surface area contributed by atoms with Crippen molar-refractivity contribution in [3.8, 4) is 0 Å². The van der Waals surface area contributed by atoms with Crippen molar-refractivity contribution in [1.82, 2.24) is 5.09 Å². The summed E-state index contributed by atoms with van der Waals surface area (Å²) in [5.41, 5.74) is 5.19. The fourth-order valence-electron chi connectivity index (χ4n) is 0.337. The average molecular weight is 120 g/mol. The van der Waals surface area contributed by atoms with Crippen molar-refractivity contribution < 1.29 is 0 Å². The lowest BCUT2D eigenvalue weighted by atomic mass is 10.3. The fourth-order valence-corrected chi connectivity index (χ4v) is 0.658. The lowest BCUT2D eigenvalue weighted by Gasteiger charge is -1.94. The zero-order chi connectivity index (χ0) is 5.54. The molecule has 0 spiro atoms. The third kappa shape index (κ3) is 6.35. The maximum absolute atomic E-state index is 5.19. The van der Waals surface area contributed by atoms with Crippen LogP contribution in [-0.4, -0.2) is 6.54 Å². The number of nitrogens with one attached hydrogen (secondary N) is 1. The van der Waals surface area contributed by atoms with Gasteiger partial charge in [-0.05, 0) is 13.0 Å². The number of hydrogen-bond acceptors (Lipinski definition) is 2. The first-order chi connectivity index (χ1) is 3.41. The first-order valence-corrected chi connectivity index (χ1v) is 3.68. The quantitative estimate of drug-likeness (QED) is 0.426. The van der Waals surface area contributed by atoms with Gasteiger partial charge in [0.1, 0.15) is 0 Å². The SMILES string of the molecule is CCCCNPN. The van der Waals surface area contributed by atoms with Crippen LogP contribution >= 0.6 is 8.88 Å². The van der Waals surface area contributed by atoms with E-state index >= 15 is 0 Å². The van der Waals surface area contributed by atoms with Crippen LogP contribution < -0.4 is 10.6 Å². The smallest absolute Gasteiger partial charge is 0.0155 e. The van der Waals surface area contributed by atoms with E-state index < -0.39 is 0 Å². The van der Waals surface area contributed by atoms with Gasteiger partial charge in [-0.2, -0.15) is 0 Å². The second kappa shape index (κ2) is 6.35. The molecule has 0 rings (SSSR count). The lowest BCUT2D eigenvalue weighted by Crippen LogP contribution is -2.04. The van der Waals surface area contributed by atoms with Gasteiger partial charge >= 0.3 is 0 Å². The summed E-state index contributed by atoms with van der Waals surface area (Å²) in [6, 6.07) is 0. The van der Waals surface area contributed by atoms with Gasteiger partial charge in [0, 0.05) is 8.88 Å². The summed E-state index contributed by atoms with van der Waals surface area (Å²) in [4.78, 5) is 0. The second-order valence-corrected chi connectivity index (χ2v) is 2.07. The molecular formula is C4H13N2P. The van der Waals surface area contributed by atoms with E-state index in [0.29, 0.717) is 8.88 Å². The van der Waals surface area contributed by atoms with Gasteiger partial charge in [0.15, 0.2) is 0 Å². The minimum absolute atomic E-state index is 0.418. The number of hydrogen-bond donors (Lipinski definition) is 2. The highest BCUT2D eigenvalue weighted by molar-refractivity contribution is 7.32. The zero-order valence-electron chi connectivity index (χ0n) is 4.70. The predicted molar refractivity (Wildman–Crippen MR) is 35.4 cm³/mol. The summed E-state index contributed by atoms with van der Waals surface area (Å²) in [7, 11) is 0.418. The first-order valence-electron chi connectivity index (χ1n) is 2.60. The van der Waals surface area contributed by atoms with Crippen LogP contribution in [0.25, 0.3) is 0 Å². The van der Waals surface area contributed by atoms with E-state index in [1.807, 2.05) is 0 Å². The van der Waals surface area contributed by atoms with E-state index in [2.05, 4.69) is 12.0 Å². The van der Waals surface area contributed by atoms with Crippen molar-refractivity contribution in [2.75, 3.05) is 6.54 Å². The number of unbranched alkanes of at least 4 members (excludes halogenated alkanes) is 1. The molecule has 0 fully saturated rings. The molecule has 0 saturated carbocycles. The van der Waals surface area contributed by atoms with Gasteiger partial charge in [-0.15, -0.1) is 0 Å². The van der Waals surface area contributed by atoms with Crippen LogP contribution in [0.3, 0.4) is 0 Å². The molecule has 0 heterocycles. The second-order valence-electron chi connectivity index (χ2n) is 1.42. The van der Waals surface area contributed by atoms with Crippen molar-refractivity contribution in [2.45, 2.75) is 19.8 Å². The molecule has 0 saturated heterocycles. The van der Waals surface area contributed by atoms with Gasteiger partial charge < -0.3 is 5.50 Å². The number of rotatable bonds is 4. The lowest BCUT2D eigenvalue weighted by molar-refractivity contribution is 0.773. The highest BCUT2D eigenvalue weighted by Gasteiger charge is 1.77. The molecule has 0 aliphatic carbocycles. The third-order valence-corrected chi connectivity index (χ3v) is 1.21. The summed E-state index contributed by atoms with van der Waals surface area (Å²) in [5.74, 6) is 0. The van der Waals surface area contributed by atoms with Crippen molar-refractivity contribution in [2.24, 2.45) is 5.50 Å². The maximum atomic E-state index is 5.19. The molecule has 3 N–H and O–H groups in total. The molecule has 0 aromatic carbocycles. The fraction of sp³-hybridized carbons (Fsp3) is 1.00. The topological polar surface area (TPSA) is 38.0 Å². The van der Waals surface area contributed by atoms with Crippen LogP contribution in [0.2, 0.25) is 0 Å². The van der Waals surface area contributed by atoms with Gasteiger partial charge in [0.05, 0.1) is 0 Å². The molecule has 1 atom stereocenters. The Hall–Kier alpha value is 0.350. The minimum atomic E-state index is 0.418. The Kier molecular flexibility index (Phi) is 6.67. The molecule has 3 heteroatoms. The Morgan fingerprint density at radius 1 is 1.71 bits per heavy atom. The molecule has 1 unspecified atom stereocenters. The van der Waals surface area contributed by atoms with E-state index in [0.717, 1.165) is 6.54 Å². The Labute approximate surface area is 46.8 Å². The van der Waals surface area contributed by atoms with E-state index in [1.54, 1.807) is 0 Å². The van der Waals surface area contributed by atoms with E-state index in [9.17, 15) is 0 Å². The van der Waals surface area contributed by atoms with Crippen molar-refractivity contribution >= 4 is 8.88 Å². The van der Waals surface area contributed by atoms with Gasteiger partial charge in [0.25, 0.3) is 0 Å². The number of nitrogens with two attached hydrogens (primary N) is 1. The van der Waals surface area contributed by atoms with Gasteiger partial charge in [0.2, 0.25) is 0 Å². The average Bonchev–Trinajstić information content (AvgIpc) is 1.69. The van der Waals surface area contributed by atoms with Crippen LogP contribution in [0.5, 0.6) is 0 Å². The van der Waals surface area contributed by atoms with Crippen LogP contribution in [0.1, 0.15) is 19.8 Å². The van der Waals surface area contributed by atoms with Crippen molar-refractivity contribution in [1.29, 1.82) is 0 Å². The highest BCUT2D eigenvalue weighted by atomic mass is 31.1. The van der Waals surface area contributed by atoms with Crippen LogP contribution in [0, 0.1) is 0 Å². The standard InChI is InChI=1S/C4H13N2P/c1-2-3-4-6-7-5/h6-7H,2-5H2,1H3. The molecular weight excluding hydrogens is 107 g/mol. The molecule has 44 valence electrons. The summed E-state index contributed by atoms with van der Waals surface area (Å²) in [6.45, 7) is 3.24. The van der Waals surface area contributed by atoms with Gasteiger partial charge in [-0.3, -0.25) is 5.09 Å². The highest BCUT2D eigenvalue weighted by Crippen LogP contribution is 1.88. The normalized spacial score (nSPS) is 11.1. The monoisotopic (exact) mass is 120 g/mol. The minimum Gasteiger partial charge on any atom is -0.300 e. The molecule has 0 aliphatic rings. The van der Waals surface area contributed by atoms with E-state index in [4.69, 9.17) is 5.50 Å². The molecule has 0 aromatic heterocycles. The summed E-state index contributed by atoms with van der Waals surface area (Å²) < 4.78 is 0. The largest absolute Gasteiger partial charge is 0.300 e. The van der Waals surface area contributed by atoms with Gasteiger partial charge in [-0.1, -0.05) is 13.3 Å². The molecule has 0 aliphatic heterocycles. The van der Waals surface area contributed by atoms with Crippen molar-refractivity contribution in [3.05, 3.63) is 0 Å². The maximum Gasteiger partial charge on any atom is 0.0155 e. The molecule has 0 amide bonds. The molecule has 0 bridgehead atoms. The molecule has 0 radical (unpaired) electrons. The molecule has 0 aromatic rings. The molecule has 2 nitrogen and oxygen atoms in total. The Morgan fingerprint density at radius 3 is 2.86 bits per heavy atom. The summed E-state index contributed by atoms with van der Waals surface area (Å²) in [6.07, 6.45) is 2.49. The first kappa shape index (κ1) is 7.35. The zero-order valence-corrected chi connectivity index (χ0v) is 5.70. The Balaban J connectivity index is 2.45. The Morgan fingerprint density at radius 2 is 2.43 bits per heavy atom. The summed E-state index contributed by atoms with van der Waals surface area (Å²) in [5, 5.41) is 3.05. The van der Waals surface area contributed by atoms with Gasteiger partial charge in [-0.25, -0.2) is 0 Å². The third-order valence-electron chi connectivity index (χ3n) is 0.757. The molecule has 7 heavy (non-hydrogen) atoms. The van der Waals surface area contributed by atoms with E-state index in [1.165, 1.54) is 12.8 Å². The van der Waals surface area contributed by atoms with Crippen LogP contribution in [-0.2, 0) is 0 Å². The summed E-state index contributed by atoms with van der Waals surface area (Å²) >= 11 is 0. The van der Waals surface area contributed by atoms with Crippen LogP contribution in [0.15, 0.2) is 0 Å². The van der Waals surface area contributed by atoms with Crippen molar-refractivity contribution in [3.63, 3.8) is 0 Å². The Bertz CT molecular complexity index is 28.9. The van der Waals surface area contributed by atoms with E-state index in [-0.39, 0.29) is 0 Å². The predicted octanol–water partition coefficient (Wildman–Crippen LogP) is 0.843.